The van der Waals surface area contributed by atoms with Crippen LogP contribution in [0, 0.1) is 0 Å². The first-order valence-electron chi connectivity index (χ1n) is 5.72. The summed E-state index contributed by atoms with van der Waals surface area (Å²) < 4.78 is 0. The zero-order chi connectivity index (χ0) is 10.4. The van der Waals surface area contributed by atoms with Crippen molar-refractivity contribution >= 4 is 24.4 Å². The topological polar surface area (TPSA) is 3.24 Å². The molecule has 1 aliphatic heterocycles. The Hall–Kier alpha value is 0.660. The zero-order valence-electron chi connectivity index (χ0n) is 9.41. The molecule has 14 heavy (non-hydrogen) atoms. The molecule has 0 saturated carbocycles. The Kier molecular flexibility index (Phi) is 6.38. The molecule has 2 unspecified atom stereocenters. The van der Waals surface area contributed by atoms with E-state index in [4.69, 9.17) is 0 Å². The number of nitrogens with zero attached hydrogens (tertiary/aromatic N) is 1. The Morgan fingerprint density at radius 1 is 1.29 bits per heavy atom. The molecule has 1 heterocycles. The quantitative estimate of drug-likeness (QED) is 0.574. The molecule has 0 aromatic rings. The Morgan fingerprint density at radius 3 is 2.79 bits per heavy atom. The first-order chi connectivity index (χ1) is 6.75. The van der Waals surface area contributed by atoms with Gasteiger partial charge in [0.2, 0.25) is 0 Å². The molecule has 3 heteroatoms. The molecular formula is C11H23NS2. The van der Waals surface area contributed by atoms with Crippen molar-refractivity contribution in [3.63, 3.8) is 0 Å². The van der Waals surface area contributed by atoms with Crippen molar-refractivity contribution in [1.82, 2.24) is 4.90 Å². The van der Waals surface area contributed by atoms with Crippen LogP contribution in [0.5, 0.6) is 0 Å². The molecule has 0 N–H and O–H groups in total. The fraction of sp³-hybridized carbons (Fsp3) is 1.00. The van der Waals surface area contributed by atoms with Gasteiger partial charge in [-0.15, -0.1) is 0 Å². The van der Waals surface area contributed by atoms with Crippen molar-refractivity contribution in [3.8, 4) is 0 Å². The van der Waals surface area contributed by atoms with E-state index >= 15 is 0 Å². The number of hydrogen-bond donors (Lipinski definition) is 1. The monoisotopic (exact) mass is 233 g/mol. The van der Waals surface area contributed by atoms with Gasteiger partial charge in [0.1, 0.15) is 0 Å². The van der Waals surface area contributed by atoms with E-state index in [1.807, 2.05) is 0 Å². The molecular weight excluding hydrogens is 210 g/mol. The zero-order valence-corrected chi connectivity index (χ0v) is 11.1. The van der Waals surface area contributed by atoms with Gasteiger partial charge in [-0.1, -0.05) is 13.3 Å². The standard InChI is InChI=1S/C11H23NS2/c1-10-11(2)14-9-7-12(10)6-4-3-5-8-13/h10-11,13H,3-9H2,1-2H3. The number of thiol groups is 1. The number of thioether (sulfide) groups is 1. The summed E-state index contributed by atoms with van der Waals surface area (Å²) >= 11 is 6.36. The van der Waals surface area contributed by atoms with Crippen molar-refractivity contribution in [3.05, 3.63) is 0 Å². The Balaban J connectivity index is 2.15. The Morgan fingerprint density at radius 2 is 2.07 bits per heavy atom. The van der Waals surface area contributed by atoms with Crippen LogP contribution in [0.4, 0.5) is 0 Å². The third-order valence-corrected chi connectivity index (χ3v) is 4.77. The van der Waals surface area contributed by atoms with Crippen molar-refractivity contribution in [2.75, 3.05) is 24.6 Å². The second-order valence-electron chi connectivity index (χ2n) is 4.14. The van der Waals surface area contributed by atoms with Crippen LogP contribution < -0.4 is 0 Å². The first-order valence-corrected chi connectivity index (χ1v) is 7.40. The summed E-state index contributed by atoms with van der Waals surface area (Å²) in [7, 11) is 0. The summed E-state index contributed by atoms with van der Waals surface area (Å²) in [6, 6.07) is 0.768. The summed E-state index contributed by atoms with van der Waals surface area (Å²) in [4.78, 5) is 2.65. The minimum absolute atomic E-state index is 0.768. The summed E-state index contributed by atoms with van der Waals surface area (Å²) in [6.45, 7) is 7.31. The minimum Gasteiger partial charge on any atom is -0.299 e. The van der Waals surface area contributed by atoms with Crippen LogP contribution in [0.15, 0.2) is 0 Å². The highest BCUT2D eigenvalue weighted by molar-refractivity contribution is 8.00. The molecule has 1 rings (SSSR count). The van der Waals surface area contributed by atoms with E-state index in [2.05, 4.69) is 43.1 Å². The largest absolute Gasteiger partial charge is 0.299 e. The van der Waals surface area contributed by atoms with Gasteiger partial charge in [0.05, 0.1) is 0 Å². The summed E-state index contributed by atoms with van der Waals surface area (Å²) in [6.07, 6.45) is 3.96. The van der Waals surface area contributed by atoms with Gasteiger partial charge < -0.3 is 0 Å². The molecule has 0 amide bonds. The van der Waals surface area contributed by atoms with E-state index in [0.29, 0.717) is 0 Å². The average Bonchev–Trinajstić information content (AvgIpc) is 2.19. The highest BCUT2D eigenvalue weighted by Crippen LogP contribution is 2.24. The highest BCUT2D eigenvalue weighted by Gasteiger charge is 2.24. The fourth-order valence-electron chi connectivity index (χ4n) is 1.91. The molecule has 84 valence electrons. The molecule has 1 saturated heterocycles. The number of rotatable bonds is 5. The van der Waals surface area contributed by atoms with Gasteiger partial charge in [-0.2, -0.15) is 24.4 Å². The van der Waals surface area contributed by atoms with Crippen molar-refractivity contribution in [1.29, 1.82) is 0 Å². The molecule has 1 fully saturated rings. The predicted octanol–water partition coefficient (Wildman–Crippen LogP) is 2.91. The summed E-state index contributed by atoms with van der Waals surface area (Å²) in [5.74, 6) is 2.36. The molecule has 1 nitrogen and oxygen atoms in total. The third-order valence-electron chi connectivity index (χ3n) is 3.12. The minimum atomic E-state index is 0.768. The lowest BCUT2D eigenvalue weighted by atomic mass is 10.1. The van der Waals surface area contributed by atoms with Gasteiger partial charge in [0.25, 0.3) is 0 Å². The van der Waals surface area contributed by atoms with E-state index < -0.39 is 0 Å². The van der Waals surface area contributed by atoms with Gasteiger partial charge in [0.15, 0.2) is 0 Å². The molecule has 0 aliphatic carbocycles. The normalized spacial score (nSPS) is 29.4. The smallest absolute Gasteiger partial charge is 0.0184 e. The number of hydrogen-bond acceptors (Lipinski definition) is 3. The summed E-state index contributed by atoms with van der Waals surface area (Å²) in [5, 5.41) is 0.814. The lowest BCUT2D eigenvalue weighted by Gasteiger charge is -2.37. The highest BCUT2D eigenvalue weighted by atomic mass is 32.2. The van der Waals surface area contributed by atoms with Crippen LogP contribution in [-0.2, 0) is 0 Å². The second-order valence-corrected chi connectivity index (χ2v) is 6.07. The van der Waals surface area contributed by atoms with Gasteiger partial charge in [-0.05, 0) is 32.1 Å². The molecule has 0 spiro atoms. The lowest BCUT2D eigenvalue weighted by Crippen LogP contribution is -2.44. The SMILES string of the molecule is CC1SCCN(CCCCCS)C1C. The molecule has 0 aromatic carbocycles. The van der Waals surface area contributed by atoms with E-state index in [1.54, 1.807) is 0 Å². The van der Waals surface area contributed by atoms with Crippen LogP contribution in [-0.4, -0.2) is 40.8 Å². The van der Waals surface area contributed by atoms with E-state index in [-0.39, 0.29) is 0 Å². The van der Waals surface area contributed by atoms with Gasteiger partial charge in [0, 0.05) is 23.6 Å². The fourth-order valence-corrected chi connectivity index (χ4v) is 3.30. The van der Waals surface area contributed by atoms with Gasteiger partial charge in [-0.25, -0.2) is 0 Å². The van der Waals surface area contributed by atoms with Crippen molar-refractivity contribution < 1.29 is 0 Å². The van der Waals surface area contributed by atoms with E-state index in [9.17, 15) is 0 Å². The van der Waals surface area contributed by atoms with Crippen LogP contribution in [0.3, 0.4) is 0 Å². The van der Waals surface area contributed by atoms with Crippen molar-refractivity contribution in [2.24, 2.45) is 0 Å². The van der Waals surface area contributed by atoms with Gasteiger partial charge in [-0.3, -0.25) is 4.90 Å². The molecule has 2 atom stereocenters. The molecule has 0 aromatic heterocycles. The molecule has 1 aliphatic rings. The summed E-state index contributed by atoms with van der Waals surface area (Å²) in [5.41, 5.74) is 0. The number of unbranched alkanes of at least 4 members (excludes halogenated alkanes) is 2. The first kappa shape index (κ1) is 12.7. The maximum atomic E-state index is 4.24. The molecule has 0 radical (unpaired) electrons. The van der Waals surface area contributed by atoms with Crippen LogP contribution in [0.1, 0.15) is 33.1 Å². The maximum absolute atomic E-state index is 4.24. The van der Waals surface area contributed by atoms with E-state index in [1.165, 1.54) is 38.1 Å². The van der Waals surface area contributed by atoms with Gasteiger partial charge >= 0.3 is 0 Å². The van der Waals surface area contributed by atoms with E-state index in [0.717, 1.165) is 17.0 Å². The third kappa shape index (κ3) is 4.03. The Bertz CT molecular complexity index is 152. The van der Waals surface area contributed by atoms with Crippen LogP contribution in [0.2, 0.25) is 0 Å². The van der Waals surface area contributed by atoms with Crippen LogP contribution >= 0.6 is 24.4 Å². The average molecular weight is 233 g/mol. The van der Waals surface area contributed by atoms with Crippen LogP contribution in [0.25, 0.3) is 0 Å². The predicted molar refractivity (Wildman–Crippen MR) is 70.7 cm³/mol. The van der Waals surface area contributed by atoms with Crippen molar-refractivity contribution in [2.45, 2.75) is 44.4 Å². The maximum Gasteiger partial charge on any atom is 0.0184 e. The molecule has 0 bridgehead atoms. The lowest BCUT2D eigenvalue weighted by molar-refractivity contribution is 0.209. The Labute approximate surface area is 98.4 Å². The second kappa shape index (κ2) is 7.02.